The molecule has 0 saturated heterocycles. The molecule has 0 aliphatic heterocycles. The average molecular weight is 313 g/mol. The standard InChI is InChI=1S/C15H25BrN2/c1-5-13(6-2)18(4)15-9-8-12(10-14(15)16)11-17-7-3/h8-10,13,17H,5-7,11H2,1-4H3. The molecule has 0 atom stereocenters. The number of hydrogen-bond donors (Lipinski definition) is 1. The largest absolute Gasteiger partial charge is 0.371 e. The van der Waals surface area contributed by atoms with Gasteiger partial charge >= 0.3 is 0 Å². The first-order chi connectivity index (χ1) is 8.63. The lowest BCUT2D eigenvalue weighted by atomic mass is 10.1. The van der Waals surface area contributed by atoms with Crippen LogP contribution in [0.5, 0.6) is 0 Å². The third-order valence-corrected chi connectivity index (χ3v) is 4.10. The zero-order valence-electron chi connectivity index (χ0n) is 12.0. The van der Waals surface area contributed by atoms with Gasteiger partial charge in [0.2, 0.25) is 0 Å². The Morgan fingerprint density at radius 2 is 1.89 bits per heavy atom. The summed E-state index contributed by atoms with van der Waals surface area (Å²) in [6.45, 7) is 8.57. The lowest BCUT2D eigenvalue weighted by molar-refractivity contribution is 0.591. The molecule has 0 heterocycles. The molecule has 102 valence electrons. The summed E-state index contributed by atoms with van der Waals surface area (Å²) in [6.07, 6.45) is 2.36. The topological polar surface area (TPSA) is 15.3 Å². The molecule has 0 amide bonds. The molecule has 1 aromatic rings. The summed E-state index contributed by atoms with van der Waals surface area (Å²) in [5, 5.41) is 3.35. The fourth-order valence-electron chi connectivity index (χ4n) is 2.25. The normalized spacial score (nSPS) is 11.0. The highest BCUT2D eigenvalue weighted by Crippen LogP contribution is 2.29. The van der Waals surface area contributed by atoms with Crippen LogP contribution < -0.4 is 10.2 Å². The molecule has 18 heavy (non-hydrogen) atoms. The molecule has 3 heteroatoms. The van der Waals surface area contributed by atoms with Crippen LogP contribution in [0.15, 0.2) is 22.7 Å². The first-order valence-electron chi connectivity index (χ1n) is 6.85. The SMILES string of the molecule is CCNCc1ccc(N(C)C(CC)CC)c(Br)c1. The number of benzene rings is 1. The summed E-state index contributed by atoms with van der Waals surface area (Å²) in [5.74, 6) is 0. The molecule has 0 unspecified atom stereocenters. The summed E-state index contributed by atoms with van der Waals surface area (Å²) in [6, 6.07) is 7.26. The summed E-state index contributed by atoms with van der Waals surface area (Å²) < 4.78 is 1.19. The maximum absolute atomic E-state index is 3.70. The van der Waals surface area contributed by atoms with Crippen molar-refractivity contribution in [2.24, 2.45) is 0 Å². The molecule has 0 aromatic heterocycles. The highest BCUT2D eigenvalue weighted by Gasteiger charge is 2.13. The number of anilines is 1. The second-order valence-corrected chi connectivity index (χ2v) is 5.50. The van der Waals surface area contributed by atoms with Crippen molar-refractivity contribution in [1.82, 2.24) is 5.32 Å². The third kappa shape index (κ3) is 3.99. The summed E-state index contributed by atoms with van der Waals surface area (Å²) in [4.78, 5) is 2.38. The Bertz CT molecular complexity index is 362. The Hall–Kier alpha value is -0.540. The zero-order valence-corrected chi connectivity index (χ0v) is 13.5. The van der Waals surface area contributed by atoms with Gasteiger partial charge in [-0.15, -0.1) is 0 Å². The second kappa shape index (κ2) is 7.80. The fourth-order valence-corrected chi connectivity index (χ4v) is 2.95. The molecule has 2 nitrogen and oxygen atoms in total. The minimum Gasteiger partial charge on any atom is -0.371 e. The molecule has 0 radical (unpaired) electrons. The molecule has 1 rings (SSSR count). The number of nitrogens with one attached hydrogen (secondary N) is 1. The van der Waals surface area contributed by atoms with Crippen molar-refractivity contribution in [2.45, 2.75) is 46.2 Å². The van der Waals surface area contributed by atoms with E-state index < -0.39 is 0 Å². The second-order valence-electron chi connectivity index (χ2n) is 4.65. The van der Waals surface area contributed by atoms with Gasteiger partial charge in [0.25, 0.3) is 0 Å². The molecule has 0 aliphatic carbocycles. The highest BCUT2D eigenvalue weighted by molar-refractivity contribution is 9.10. The van der Waals surface area contributed by atoms with Gasteiger partial charge in [0.05, 0.1) is 5.69 Å². The Morgan fingerprint density at radius 1 is 1.22 bits per heavy atom. The number of halogens is 1. The predicted octanol–water partition coefficient (Wildman–Crippen LogP) is 4.18. The van der Waals surface area contributed by atoms with E-state index in [4.69, 9.17) is 0 Å². The van der Waals surface area contributed by atoms with E-state index in [1.807, 2.05) is 0 Å². The average Bonchev–Trinajstić information content (AvgIpc) is 2.37. The number of rotatable bonds is 7. The van der Waals surface area contributed by atoms with Crippen LogP contribution in [0.25, 0.3) is 0 Å². The minimum absolute atomic E-state index is 0.612. The number of nitrogens with zero attached hydrogens (tertiary/aromatic N) is 1. The zero-order chi connectivity index (χ0) is 13.5. The molecule has 0 spiro atoms. The fraction of sp³-hybridized carbons (Fsp3) is 0.600. The van der Waals surface area contributed by atoms with Crippen molar-refractivity contribution in [1.29, 1.82) is 0 Å². The first kappa shape index (κ1) is 15.5. The van der Waals surface area contributed by atoms with E-state index in [1.54, 1.807) is 0 Å². The van der Waals surface area contributed by atoms with Gasteiger partial charge in [-0.05, 0) is 53.0 Å². The van der Waals surface area contributed by atoms with Crippen molar-refractivity contribution in [3.63, 3.8) is 0 Å². The first-order valence-corrected chi connectivity index (χ1v) is 7.65. The van der Waals surface area contributed by atoms with Gasteiger partial charge in [-0.1, -0.05) is 26.8 Å². The summed E-state index contributed by atoms with van der Waals surface area (Å²) in [7, 11) is 2.18. The summed E-state index contributed by atoms with van der Waals surface area (Å²) >= 11 is 3.70. The van der Waals surface area contributed by atoms with Crippen LogP contribution in [0, 0.1) is 0 Å². The van der Waals surface area contributed by atoms with Crippen LogP contribution in [0.4, 0.5) is 5.69 Å². The molecule has 1 aromatic carbocycles. The van der Waals surface area contributed by atoms with Gasteiger partial charge in [-0.25, -0.2) is 0 Å². The Labute approximate surface area is 120 Å². The molecule has 1 N–H and O–H groups in total. The van der Waals surface area contributed by atoms with Crippen LogP contribution >= 0.6 is 15.9 Å². The molecule has 0 aliphatic rings. The van der Waals surface area contributed by atoms with Crippen molar-refractivity contribution >= 4 is 21.6 Å². The van der Waals surface area contributed by atoms with Crippen molar-refractivity contribution < 1.29 is 0 Å². The van der Waals surface area contributed by atoms with E-state index >= 15 is 0 Å². The molecule has 0 fully saturated rings. The van der Waals surface area contributed by atoms with Gasteiger partial charge in [0.15, 0.2) is 0 Å². The summed E-state index contributed by atoms with van der Waals surface area (Å²) in [5.41, 5.74) is 2.61. The van der Waals surface area contributed by atoms with E-state index in [0.29, 0.717) is 6.04 Å². The lowest BCUT2D eigenvalue weighted by Crippen LogP contribution is -2.30. The van der Waals surface area contributed by atoms with Gasteiger partial charge in [0.1, 0.15) is 0 Å². The van der Waals surface area contributed by atoms with Crippen LogP contribution in [0.3, 0.4) is 0 Å². The van der Waals surface area contributed by atoms with Crippen LogP contribution in [-0.4, -0.2) is 19.6 Å². The van der Waals surface area contributed by atoms with Crippen LogP contribution in [0.2, 0.25) is 0 Å². The Morgan fingerprint density at radius 3 is 2.39 bits per heavy atom. The van der Waals surface area contributed by atoms with E-state index in [2.05, 4.69) is 72.2 Å². The smallest absolute Gasteiger partial charge is 0.0510 e. The third-order valence-electron chi connectivity index (χ3n) is 3.46. The van der Waals surface area contributed by atoms with Gasteiger partial charge in [0, 0.05) is 24.1 Å². The lowest BCUT2D eigenvalue weighted by Gasteiger charge is -2.29. The molecule has 0 bridgehead atoms. The monoisotopic (exact) mass is 312 g/mol. The Kier molecular flexibility index (Phi) is 6.72. The van der Waals surface area contributed by atoms with Gasteiger partial charge in [-0.3, -0.25) is 0 Å². The van der Waals surface area contributed by atoms with Gasteiger partial charge < -0.3 is 10.2 Å². The highest BCUT2D eigenvalue weighted by atomic mass is 79.9. The van der Waals surface area contributed by atoms with Crippen LogP contribution in [-0.2, 0) is 6.54 Å². The number of hydrogen-bond acceptors (Lipinski definition) is 2. The van der Waals surface area contributed by atoms with Gasteiger partial charge in [-0.2, -0.15) is 0 Å². The Balaban J connectivity index is 2.84. The maximum atomic E-state index is 3.70. The van der Waals surface area contributed by atoms with E-state index in [-0.39, 0.29) is 0 Å². The van der Waals surface area contributed by atoms with E-state index in [9.17, 15) is 0 Å². The molecular formula is C15H25BrN2. The minimum atomic E-state index is 0.612. The van der Waals surface area contributed by atoms with E-state index in [0.717, 1.165) is 13.1 Å². The molecular weight excluding hydrogens is 288 g/mol. The van der Waals surface area contributed by atoms with Crippen LogP contribution in [0.1, 0.15) is 39.2 Å². The van der Waals surface area contributed by atoms with Crippen molar-refractivity contribution in [2.75, 3.05) is 18.5 Å². The predicted molar refractivity (Wildman–Crippen MR) is 84.3 cm³/mol. The molecule has 0 saturated carbocycles. The van der Waals surface area contributed by atoms with Crippen molar-refractivity contribution in [3.8, 4) is 0 Å². The maximum Gasteiger partial charge on any atom is 0.0510 e. The quantitative estimate of drug-likeness (QED) is 0.812. The van der Waals surface area contributed by atoms with E-state index in [1.165, 1.54) is 28.6 Å². The van der Waals surface area contributed by atoms with Crippen molar-refractivity contribution in [3.05, 3.63) is 28.2 Å².